The van der Waals surface area contributed by atoms with Crippen LogP contribution >= 0.6 is 0 Å². The van der Waals surface area contributed by atoms with Crippen molar-refractivity contribution in [2.45, 2.75) is 26.1 Å². The van der Waals surface area contributed by atoms with Crippen molar-refractivity contribution >= 4 is 5.91 Å². The molecule has 140 valence electrons. The molecule has 0 aliphatic rings. The lowest BCUT2D eigenvalue weighted by Gasteiger charge is -2.19. The molecule has 1 atom stereocenters. The molecule has 0 bridgehead atoms. The van der Waals surface area contributed by atoms with Gasteiger partial charge in [-0.3, -0.25) is 15.0 Å². The van der Waals surface area contributed by atoms with Crippen LogP contribution in [0, 0.1) is 0 Å². The Bertz CT molecular complexity index is 703. The summed E-state index contributed by atoms with van der Waals surface area (Å²) in [5.74, 6) is 0.947. The SMILES string of the molecule is CCOC(Cc1ccc(OCc2cc(OC)ccn2)cc1)C(=O)N(C)O. The van der Waals surface area contributed by atoms with Gasteiger partial charge in [0.2, 0.25) is 0 Å². The van der Waals surface area contributed by atoms with E-state index in [4.69, 9.17) is 14.2 Å². The van der Waals surface area contributed by atoms with Crippen molar-refractivity contribution in [1.29, 1.82) is 0 Å². The maximum atomic E-state index is 11.9. The van der Waals surface area contributed by atoms with Crippen molar-refractivity contribution in [3.63, 3.8) is 0 Å². The van der Waals surface area contributed by atoms with Crippen molar-refractivity contribution in [3.05, 3.63) is 53.9 Å². The smallest absolute Gasteiger partial charge is 0.275 e. The summed E-state index contributed by atoms with van der Waals surface area (Å²) in [5, 5.41) is 9.88. The largest absolute Gasteiger partial charge is 0.497 e. The third-order valence-electron chi connectivity index (χ3n) is 3.72. The second-order valence-electron chi connectivity index (χ2n) is 5.63. The zero-order valence-electron chi connectivity index (χ0n) is 15.2. The lowest BCUT2D eigenvalue weighted by molar-refractivity contribution is -0.171. The van der Waals surface area contributed by atoms with Crippen LogP contribution in [0.2, 0.25) is 0 Å². The van der Waals surface area contributed by atoms with Gasteiger partial charge in [-0.2, -0.15) is 0 Å². The van der Waals surface area contributed by atoms with Gasteiger partial charge in [-0.25, -0.2) is 5.06 Å². The maximum absolute atomic E-state index is 11.9. The quantitative estimate of drug-likeness (QED) is 0.546. The van der Waals surface area contributed by atoms with E-state index in [0.29, 0.717) is 30.4 Å². The van der Waals surface area contributed by atoms with Crippen molar-refractivity contribution in [1.82, 2.24) is 10.0 Å². The van der Waals surface area contributed by atoms with Crippen LogP contribution in [0.15, 0.2) is 42.6 Å². The molecule has 0 aliphatic heterocycles. The molecule has 1 aromatic carbocycles. The summed E-state index contributed by atoms with van der Waals surface area (Å²) in [6, 6.07) is 11.0. The first-order valence-corrected chi connectivity index (χ1v) is 8.32. The molecule has 1 heterocycles. The second-order valence-corrected chi connectivity index (χ2v) is 5.63. The summed E-state index contributed by atoms with van der Waals surface area (Å²) in [5.41, 5.74) is 1.67. The van der Waals surface area contributed by atoms with Gasteiger partial charge in [-0.1, -0.05) is 12.1 Å². The summed E-state index contributed by atoms with van der Waals surface area (Å²) in [6.07, 6.45) is 1.32. The van der Waals surface area contributed by atoms with Gasteiger partial charge < -0.3 is 14.2 Å². The van der Waals surface area contributed by atoms with E-state index >= 15 is 0 Å². The molecule has 2 aromatic rings. The van der Waals surface area contributed by atoms with E-state index < -0.39 is 12.0 Å². The lowest BCUT2D eigenvalue weighted by atomic mass is 10.1. The molecular formula is C19H24N2O5. The number of pyridine rings is 1. The Morgan fingerprint density at radius 2 is 1.96 bits per heavy atom. The molecule has 2 rings (SSSR count). The number of aromatic nitrogens is 1. The highest BCUT2D eigenvalue weighted by molar-refractivity contribution is 5.79. The molecule has 26 heavy (non-hydrogen) atoms. The Morgan fingerprint density at radius 1 is 1.23 bits per heavy atom. The fourth-order valence-electron chi connectivity index (χ4n) is 2.38. The second kappa shape index (κ2) is 9.74. The zero-order valence-corrected chi connectivity index (χ0v) is 15.2. The lowest BCUT2D eigenvalue weighted by Crippen LogP contribution is -2.37. The van der Waals surface area contributed by atoms with Gasteiger partial charge in [-0.05, 0) is 30.7 Å². The molecule has 0 fully saturated rings. The fraction of sp³-hybridized carbons (Fsp3) is 0.368. The van der Waals surface area contributed by atoms with Crippen LogP contribution in [0.1, 0.15) is 18.2 Å². The number of carbonyl (C=O) groups excluding carboxylic acids is 1. The standard InChI is InChI=1S/C19H24N2O5/c1-4-25-18(19(22)21(2)23)11-14-5-7-16(8-6-14)26-13-15-12-17(24-3)9-10-20-15/h5-10,12,18,23H,4,11,13H2,1-3H3. The predicted molar refractivity (Wildman–Crippen MR) is 95.2 cm³/mol. The number of ether oxygens (including phenoxy) is 3. The van der Waals surface area contributed by atoms with Crippen molar-refractivity contribution < 1.29 is 24.2 Å². The number of hydrogen-bond acceptors (Lipinski definition) is 6. The van der Waals surface area contributed by atoms with Gasteiger partial charge in [0.1, 0.15) is 24.2 Å². The average Bonchev–Trinajstić information content (AvgIpc) is 2.66. The maximum Gasteiger partial charge on any atom is 0.275 e. The summed E-state index contributed by atoms with van der Waals surface area (Å²) < 4.78 is 16.3. The van der Waals surface area contributed by atoms with Crippen molar-refractivity contribution in [2.24, 2.45) is 0 Å². The van der Waals surface area contributed by atoms with Crippen LogP contribution in [0.25, 0.3) is 0 Å². The number of nitrogens with zero attached hydrogens (tertiary/aromatic N) is 2. The number of carbonyl (C=O) groups is 1. The Kier molecular flexibility index (Phi) is 7.37. The van der Waals surface area contributed by atoms with Crippen molar-refractivity contribution in [2.75, 3.05) is 20.8 Å². The van der Waals surface area contributed by atoms with Crippen LogP contribution in [0.5, 0.6) is 11.5 Å². The van der Waals surface area contributed by atoms with Crippen LogP contribution in [-0.4, -0.2) is 48.0 Å². The van der Waals surface area contributed by atoms with Crippen LogP contribution in [0.4, 0.5) is 0 Å². The Balaban J connectivity index is 1.95. The molecule has 1 unspecified atom stereocenters. The van der Waals surface area contributed by atoms with Gasteiger partial charge in [0.05, 0.1) is 12.8 Å². The highest BCUT2D eigenvalue weighted by Gasteiger charge is 2.22. The minimum Gasteiger partial charge on any atom is -0.497 e. The van der Waals surface area contributed by atoms with Crippen molar-refractivity contribution in [3.8, 4) is 11.5 Å². The molecule has 1 amide bonds. The minimum absolute atomic E-state index is 0.325. The van der Waals surface area contributed by atoms with Gasteiger partial charge >= 0.3 is 0 Å². The molecule has 0 saturated heterocycles. The summed E-state index contributed by atoms with van der Waals surface area (Å²) in [7, 11) is 2.89. The third kappa shape index (κ3) is 5.72. The Labute approximate surface area is 153 Å². The van der Waals surface area contributed by atoms with Gasteiger partial charge in [0, 0.05) is 32.3 Å². The van der Waals surface area contributed by atoms with Crippen LogP contribution in [-0.2, 0) is 22.6 Å². The number of hydrogen-bond donors (Lipinski definition) is 1. The first-order valence-electron chi connectivity index (χ1n) is 8.32. The van der Waals surface area contributed by atoms with E-state index in [9.17, 15) is 10.0 Å². The molecule has 0 spiro atoms. The number of likely N-dealkylation sites (N-methyl/N-ethyl adjacent to an activating group) is 1. The van der Waals surface area contributed by atoms with Gasteiger partial charge in [0.25, 0.3) is 5.91 Å². The topological polar surface area (TPSA) is 81.1 Å². The molecule has 0 saturated carbocycles. The molecule has 7 nitrogen and oxygen atoms in total. The minimum atomic E-state index is -0.720. The molecular weight excluding hydrogens is 336 g/mol. The van der Waals surface area contributed by atoms with E-state index in [1.54, 1.807) is 26.3 Å². The molecule has 7 heteroatoms. The molecule has 0 aliphatic carbocycles. The normalized spacial score (nSPS) is 11.7. The summed E-state index contributed by atoms with van der Waals surface area (Å²) in [4.78, 5) is 16.2. The monoisotopic (exact) mass is 360 g/mol. The number of rotatable bonds is 9. The molecule has 1 aromatic heterocycles. The summed E-state index contributed by atoms with van der Waals surface area (Å²) >= 11 is 0. The molecule has 0 radical (unpaired) electrons. The van der Waals surface area contributed by atoms with Crippen LogP contribution in [0.3, 0.4) is 0 Å². The van der Waals surface area contributed by atoms with Crippen LogP contribution < -0.4 is 9.47 Å². The number of hydroxylamine groups is 2. The number of benzene rings is 1. The third-order valence-corrected chi connectivity index (χ3v) is 3.72. The first-order chi connectivity index (χ1) is 12.5. The Hall–Kier alpha value is -2.64. The number of methoxy groups -OCH3 is 1. The predicted octanol–water partition coefficient (Wildman–Crippen LogP) is 2.46. The van der Waals surface area contributed by atoms with E-state index in [0.717, 1.165) is 17.0 Å². The van der Waals surface area contributed by atoms with E-state index in [1.165, 1.54) is 7.05 Å². The summed E-state index contributed by atoms with van der Waals surface area (Å²) in [6.45, 7) is 2.52. The zero-order chi connectivity index (χ0) is 18.9. The molecule has 1 N–H and O–H groups in total. The Morgan fingerprint density at radius 3 is 2.58 bits per heavy atom. The van der Waals surface area contributed by atoms with E-state index in [2.05, 4.69) is 4.98 Å². The average molecular weight is 360 g/mol. The highest BCUT2D eigenvalue weighted by atomic mass is 16.5. The first kappa shape index (κ1) is 19.7. The van der Waals surface area contributed by atoms with E-state index in [1.807, 2.05) is 30.3 Å². The van der Waals surface area contributed by atoms with Gasteiger partial charge in [0.15, 0.2) is 0 Å². The highest BCUT2D eigenvalue weighted by Crippen LogP contribution is 2.17. The fourth-order valence-corrected chi connectivity index (χ4v) is 2.38. The van der Waals surface area contributed by atoms with Gasteiger partial charge in [-0.15, -0.1) is 0 Å². The number of amides is 1. The van der Waals surface area contributed by atoms with E-state index in [-0.39, 0.29) is 0 Å².